The average Bonchev–Trinajstić information content (AvgIpc) is 3.21. The third kappa shape index (κ3) is 5.07. The molecule has 3 N–H and O–H groups in total. The summed E-state index contributed by atoms with van der Waals surface area (Å²) in [6, 6.07) is 22.6. The first-order valence-electron chi connectivity index (χ1n) is 10.1. The predicted octanol–water partition coefficient (Wildman–Crippen LogP) is 4.33. The summed E-state index contributed by atoms with van der Waals surface area (Å²) in [6.07, 6.45) is -0.332. The highest BCUT2D eigenvalue weighted by Gasteiger charge is 2.22. The fourth-order valence-electron chi connectivity index (χ4n) is 3.45. The lowest BCUT2D eigenvalue weighted by molar-refractivity contribution is -0.137. The summed E-state index contributed by atoms with van der Waals surface area (Å²) in [6.45, 7) is 0. The van der Waals surface area contributed by atoms with Gasteiger partial charge in [-0.2, -0.15) is 5.10 Å². The lowest BCUT2D eigenvalue weighted by Crippen LogP contribution is -2.30. The second-order valence-corrected chi connectivity index (χ2v) is 7.39. The quantitative estimate of drug-likeness (QED) is 0.393. The summed E-state index contributed by atoms with van der Waals surface area (Å²) in [5.41, 5.74) is 2.86. The number of nitrogens with zero attached hydrogens (tertiary/aromatic N) is 2. The Morgan fingerprint density at radius 1 is 0.939 bits per heavy atom. The van der Waals surface area contributed by atoms with Gasteiger partial charge in [0.2, 0.25) is 5.88 Å². The molecule has 0 aliphatic carbocycles. The Labute approximate surface area is 188 Å². The van der Waals surface area contributed by atoms with Crippen LogP contribution < -0.4 is 5.32 Å². The molecule has 1 unspecified atom stereocenters. The number of hydrogen-bond acceptors (Lipinski definition) is 4. The number of aromatic nitrogens is 2. The zero-order chi connectivity index (χ0) is 23.4. The van der Waals surface area contributed by atoms with E-state index < -0.39 is 23.7 Å². The Balaban J connectivity index is 1.55. The van der Waals surface area contributed by atoms with Gasteiger partial charge in [0.25, 0.3) is 5.91 Å². The molecule has 0 radical (unpaired) electrons. The summed E-state index contributed by atoms with van der Waals surface area (Å²) in [5, 5.41) is 26.3. The van der Waals surface area contributed by atoms with Crippen molar-refractivity contribution in [3.8, 4) is 22.7 Å². The second kappa shape index (κ2) is 9.35. The Bertz CT molecular complexity index is 1270. The molecular formula is C25H20FN3O4. The van der Waals surface area contributed by atoms with Crippen LogP contribution in [0.5, 0.6) is 5.88 Å². The number of aliphatic carboxylic acids is 1. The van der Waals surface area contributed by atoms with Gasteiger partial charge in [0.1, 0.15) is 5.82 Å². The number of hydrogen-bond donors (Lipinski definition) is 3. The van der Waals surface area contributed by atoms with Crippen LogP contribution in [0.25, 0.3) is 16.8 Å². The largest absolute Gasteiger partial charge is 0.493 e. The van der Waals surface area contributed by atoms with Crippen molar-refractivity contribution in [2.75, 3.05) is 0 Å². The fraction of sp³-hybridized carbons (Fsp3) is 0.0800. The molecule has 3 aromatic carbocycles. The summed E-state index contributed by atoms with van der Waals surface area (Å²) in [4.78, 5) is 24.2. The molecule has 1 aromatic heterocycles. The predicted molar refractivity (Wildman–Crippen MR) is 120 cm³/mol. The third-order valence-corrected chi connectivity index (χ3v) is 5.10. The highest BCUT2D eigenvalue weighted by Crippen LogP contribution is 2.24. The average molecular weight is 445 g/mol. The van der Waals surface area contributed by atoms with Crippen molar-refractivity contribution in [3.63, 3.8) is 0 Å². The highest BCUT2D eigenvalue weighted by molar-refractivity contribution is 5.93. The van der Waals surface area contributed by atoms with Crippen LogP contribution in [-0.2, 0) is 4.79 Å². The number of carboxylic acid groups (broad SMARTS) is 1. The van der Waals surface area contributed by atoms with Gasteiger partial charge in [-0.05, 0) is 41.0 Å². The van der Waals surface area contributed by atoms with Gasteiger partial charge in [-0.3, -0.25) is 9.59 Å². The van der Waals surface area contributed by atoms with Crippen LogP contribution >= 0.6 is 0 Å². The van der Waals surface area contributed by atoms with E-state index in [1.165, 1.54) is 24.3 Å². The molecule has 0 aliphatic heterocycles. The van der Waals surface area contributed by atoms with Gasteiger partial charge in [-0.15, -0.1) is 0 Å². The topological polar surface area (TPSA) is 104 Å². The number of rotatable bonds is 7. The molecule has 1 atom stereocenters. The molecule has 0 saturated heterocycles. The summed E-state index contributed by atoms with van der Waals surface area (Å²) in [5.74, 6) is -2.48. The molecule has 1 heterocycles. The van der Waals surface area contributed by atoms with Gasteiger partial charge in [0.15, 0.2) is 5.69 Å². The van der Waals surface area contributed by atoms with E-state index >= 15 is 0 Å². The summed E-state index contributed by atoms with van der Waals surface area (Å²) >= 11 is 0. The van der Waals surface area contributed by atoms with Gasteiger partial charge >= 0.3 is 5.97 Å². The van der Waals surface area contributed by atoms with Crippen LogP contribution in [0, 0.1) is 5.82 Å². The Morgan fingerprint density at radius 2 is 1.58 bits per heavy atom. The Hall–Kier alpha value is -4.46. The number of aromatic hydroxyl groups is 1. The van der Waals surface area contributed by atoms with Crippen LogP contribution in [0.1, 0.15) is 28.5 Å². The first-order valence-corrected chi connectivity index (χ1v) is 10.1. The van der Waals surface area contributed by atoms with Crippen LogP contribution in [-0.4, -0.2) is 31.9 Å². The minimum absolute atomic E-state index is 0.104. The molecule has 0 fully saturated rings. The van der Waals surface area contributed by atoms with E-state index in [0.29, 0.717) is 11.3 Å². The van der Waals surface area contributed by atoms with Crippen molar-refractivity contribution in [2.24, 2.45) is 0 Å². The maximum atomic E-state index is 13.2. The van der Waals surface area contributed by atoms with Gasteiger partial charge in [0.05, 0.1) is 18.2 Å². The summed E-state index contributed by atoms with van der Waals surface area (Å²) < 4.78 is 14.3. The first-order chi connectivity index (χ1) is 15.9. The van der Waals surface area contributed by atoms with Crippen LogP contribution in [0.3, 0.4) is 0 Å². The molecule has 166 valence electrons. The summed E-state index contributed by atoms with van der Waals surface area (Å²) in [7, 11) is 0. The molecule has 0 spiro atoms. The SMILES string of the molecule is O=C(O)CC(NC(=O)c1cc(O)n(-c2ccc(F)cc2)n1)c1ccc(-c2ccccc2)cc1. The van der Waals surface area contributed by atoms with E-state index in [1.807, 2.05) is 42.5 Å². The number of carbonyl (C=O) groups is 2. The minimum Gasteiger partial charge on any atom is -0.493 e. The molecule has 1 amide bonds. The van der Waals surface area contributed by atoms with E-state index in [1.54, 1.807) is 12.1 Å². The van der Waals surface area contributed by atoms with Gasteiger partial charge in [-0.1, -0.05) is 54.6 Å². The molecule has 33 heavy (non-hydrogen) atoms. The number of halogens is 1. The van der Waals surface area contributed by atoms with Crippen LogP contribution in [0.15, 0.2) is 84.9 Å². The van der Waals surface area contributed by atoms with Crippen molar-refractivity contribution >= 4 is 11.9 Å². The second-order valence-electron chi connectivity index (χ2n) is 7.39. The molecule has 0 bridgehead atoms. The smallest absolute Gasteiger partial charge is 0.305 e. The Morgan fingerprint density at radius 3 is 2.21 bits per heavy atom. The van der Waals surface area contributed by atoms with Crippen molar-refractivity contribution in [1.29, 1.82) is 0 Å². The standard InChI is InChI=1S/C25H20FN3O4/c26-19-10-12-20(13-11-19)29-23(30)14-22(28-29)25(33)27-21(15-24(31)32)18-8-6-17(7-9-18)16-4-2-1-3-5-16/h1-14,21,30H,15H2,(H,27,33)(H,31,32). The monoisotopic (exact) mass is 445 g/mol. The van der Waals surface area contributed by atoms with E-state index in [0.717, 1.165) is 21.9 Å². The van der Waals surface area contributed by atoms with Crippen LogP contribution in [0.4, 0.5) is 4.39 Å². The maximum Gasteiger partial charge on any atom is 0.305 e. The number of carbonyl (C=O) groups excluding carboxylic acids is 1. The molecule has 4 rings (SSSR count). The van der Waals surface area contributed by atoms with E-state index in [9.17, 15) is 24.2 Å². The lowest BCUT2D eigenvalue weighted by atomic mass is 9.99. The zero-order valence-corrected chi connectivity index (χ0v) is 17.4. The van der Waals surface area contributed by atoms with Crippen molar-refractivity contribution in [3.05, 3.63) is 102 Å². The number of amides is 1. The zero-order valence-electron chi connectivity index (χ0n) is 17.4. The fourth-order valence-corrected chi connectivity index (χ4v) is 3.45. The minimum atomic E-state index is -1.08. The lowest BCUT2D eigenvalue weighted by Gasteiger charge is -2.17. The number of nitrogens with one attached hydrogen (secondary N) is 1. The molecule has 8 heteroatoms. The van der Waals surface area contributed by atoms with Crippen molar-refractivity contribution < 1.29 is 24.2 Å². The molecule has 4 aromatic rings. The first kappa shape index (κ1) is 21.8. The van der Waals surface area contributed by atoms with E-state index in [-0.39, 0.29) is 18.0 Å². The molecule has 0 saturated carbocycles. The normalized spacial score (nSPS) is 11.7. The van der Waals surface area contributed by atoms with Gasteiger partial charge in [0, 0.05) is 6.07 Å². The van der Waals surface area contributed by atoms with Crippen LogP contribution in [0.2, 0.25) is 0 Å². The maximum absolute atomic E-state index is 13.2. The Kier molecular flexibility index (Phi) is 6.17. The number of benzene rings is 3. The van der Waals surface area contributed by atoms with Crippen molar-refractivity contribution in [2.45, 2.75) is 12.5 Å². The van der Waals surface area contributed by atoms with Gasteiger partial charge < -0.3 is 15.5 Å². The van der Waals surface area contributed by atoms with E-state index in [4.69, 9.17) is 0 Å². The molecule has 7 nitrogen and oxygen atoms in total. The van der Waals surface area contributed by atoms with E-state index in [2.05, 4.69) is 10.4 Å². The molecular weight excluding hydrogens is 425 g/mol. The number of carboxylic acids is 1. The highest BCUT2D eigenvalue weighted by atomic mass is 19.1. The van der Waals surface area contributed by atoms with Gasteiger partial charge in [-0.25, -0.2) is 9.07 Å². The van der Waals surface area contributed by atoms with Crippen molar-refractivity contribution in [1.82, 2.24) is 15.1 Å². The third-order valence-electron chi connectivity index (χ3n) is 5.10. The molecule has 0 aliphatic rings.